The molecule has 0 aromatic carbocycles. The van der Waals surface area contributed by atoms with E-state index in [-0.39, 0.29) is 11.8 Å². The number of imidazole rings is 1. The summed E-state index contributed by atoms with van der Waals surface area (Å²) in [4.78, 5) is 39.3. The van der Waals surface area contributed by atoms with Crippen molar-refractivity contribution in [1.82, 2.24) is 34.8 Å². The van der Waals surface area contributed by atoms with Gasteiger partial charge in [-0.25, -0.2) is 19.9 Å². The number of carbonyl (C=O) groups excluding carboxylic acids is 1. The van der Waals surface area contributed by atoms with Crippen molar-refractivity contribution in [1.29, 1.82) is 0 Å². The molecule has 1 aliphatic rings. The van der Waals surface area contributed by atoms with E-state index in [1.165, 1.54) is 0 Å². The lowest BCUT2D eigenvalue weighted by Gasteiger charge is -2.32. The van der Waals surface area contributed by atoms with Crippen molar-refractivity contribution in [2.75, 3.05) is 18.4 Å². The van der Waals surface area contributed by atoms with Crippen LogP contribution in [0.1, 0.15) is 41.5 Å². The summed E-state index contributed by atoms with van der Waals surface area (Å²) < 4.78 is 0. The maximum atomic E-state index is 12.7. The van der Waals surface area contributed by atoms with Gasteiger partial charge in [-0.2, -0.15) is 0 Å². The highest BCUT2D eigenvalue weighted by Crippen LogP contribution is 2.30. The molecule has 0 unspecified atom stereocenters. The molecule has 1 aliphatic heterocycles. The molecule has 30 heavy (non-hydrogen) atoms. The number of hydrogen-bond acceptors (Lipinski definition) is 7. The monoisotopic (exact) mass is 404 g/mol. The molecular formula is C21H24N8O. The average Bonchev–Trinajstić information content (AvgIpc) is 3.25. The second kappa shape index (κ2) is 8.81. The minimum absolute atomic E-state index is 0.0228. The van der Waals surface area contributed by atoms with Crippen molar-refractivity contribution >= 4 is 23.7 Å². The molecule has 3 aromatic heterocycles. The first-order valence-electron chi connectivity index (χ1n) is 9.94. The molecule has 154 valence electrons. The van der Waals surface area contributed by atoms with Crippen molar-refractivity contribution in [2.45, 2.75) is 32.6 Å². The van der Waals surface area contributed by atoms with Gasteiger partial charge in [0, 0.05) is 48.9 Å². The van der Waals surface area contributed by atoms with Crippen molar-refractivity contribution in [3.63, 3.8) is 0 Å². The molecule has 9 heteroatoms. The summed E-state index contributed by atoms with van der Waals surface area (Å²) in [6.07, 6.45) is 11.8. The number of rotatable bonds is 5. The first-order chi connectivity index (χ1) is 14.6. The summed E-state index contributed by atoms with van der Waals surface area (Å²) in [5, 5.41) is 3.21. The van der Waals surface area contributed by atoms with E-state index in [2.05, 4.69) is 35.2 Å². The quantitative estimate of drug-likeness (QED) is 0.629. The van der Waals surface area contributed by atoms with Crippen LogP contribution < -0.4 is 5.32 Å². The third-order valence-corrected chi connectivity index (χ3v) is 4.98. The van der Waals surface area contributed by atoms with Crippen LogP contribution in [0.15, 0.2) is 37.1 Å². The van der Waals surface area contributed by atoms with Gasteiger partial charge in [0.2, 0.25) is 11.9 Å². The molecular weight excluding hydrogens is 380 g/mol. The van der Waals surface area contributed by atoms with Crippen LogP contribution in [0.25, 0.3) is 6.08 Å². The molecule has 0 aliphatic carbocycles. The average molecular weight is 404 g/mol. The van der Waals surface area contributed by atoms with E-state index in [0.717, 1.165) is 42.2 Å². The number of nitrogens with zero attached hydrogens (tertiary/aromatic N) is 6. The predicted octanol–water partition coefficient (Wildman–Crippen LogP) is 2.77. The largest absolute Gasteiger partial charge is 0.345 e. The van der Waals surface area contributed by atoms with Gasteiger partial charge in [-0.3, -0.25) is 9.78 Å². The standard InChI is InChI=1S/C21H24N8O/c1-14-10-15(2)27-21(26-14)28-20-19(23-7-8-24-20)16-4-3-9-29(12-16)18(30)6-5-17-11-22-13-25-17/h5-8,10-11,13,16H,3-4,9,12H2,1-2H3,(H,22,25)(H,24,26,27,28)/b6-5+/t16-/m0/s1. The van der Waals surface area contributed by atoms with Gasteiger partial charge in [-0.05, 0) is 38.8 Å². The normalized spacial score (nSPS) is 16.7. The predicted molar refractivity (Wildman–Crippen MR) is 113 cm³/mol. The Morgan fingerprint density at radius 1 is 1.23 bits per heavy atom. The van der Waals surface area contributed by atoms with E-state index in [9.17, 15) is 4.79 Å². The van der Waals surface area contributed by atoms with E-state index in [1.54, 1.807) is 37.1 Å². The van der Waals surface area contributed by atoms with Crippen molar-refractivity contribution in [2.24, 2.45) is 0 Å². The summed E-state index contributed by atoms with van der Waals surface area (Å²) in [6, 6.07) is 1.92. The highest BCUT2D eigenvalue weighted by Gasteiger charge is 2.27. The summed E-state index contributed by atoms with van der Waals surface area (Å²) in [7, 11) is 0. The van der Waals surface area contributed by atoms with E-state index in [1.807, 2.05) is 24.8 Å². The van der Waals surface area contributed by atoms with Crippen molar-refractivity contribution in [3.05, 3.63) is 59.8 Å². The molecule has 0 radical (unpaired) electrons. The third kappa shape index (κ3) is 4.68. The minimum atomic E-state index is -0.0228. The van der Waals surface area contributed by atoms with Gasteiger partial charge in [0.15, 0.2) is 5.82 Å². The number of nitrogens with one attached hydrogen (secondary N) is 2. The van der Waals surface area contributed by atoms with Crippen LogP contribution in [-0.2, 0) is 4.79 Å². The second-order valence-electron chi connectivity index (χ2n) is 7.35. The number of H-pyrrole nitrogens is 1. The lowest BCUT2D eigenvalue weighted by atomic mass is 9.94. The number of hydrogen-bond donors (Lipinski definition) is 2. The van der Waals surface area contributed by atoms with Crippen LogP contribution >= 0.6 is 0 Å². The Morgan fingerprint density at radius 3 is 2.80 bits per heavy atom. The van der Waals surface area contributed by atoms with E-state index in [4.69, 9.17) is 0 Å². The Hall–Kier alpha value is -3.62. The minimum Gasteiger partial charge on any atom is -0.345 e. The Bertz CT molecular complexity index is 1030. The number of anilines is 2. The topological polar surface area (TPSA) is 113 Å². The van der Waals surface area contributed by atoms with Crippen molar-refractivity contribution in [3.8, 4) is 0 Å². The first kappa shape index (κ1) is 19.7. The van der Waals surface area contributed by atoms with Gasteiger partial charge in [-0.15, -0.1) is 0 Å². The van der Waals surface area contributed by atoms with Crippen LogP contribution in [0, 0.1) is 13.8 Å². The Balaban J connectivity index is 1.50. The summed E-state index contributed by atoms with van der Waals surface area (Å²) >= 11 is 0. The maximum Gasteiger partial charge on any atom is 0.246 e. The highest BCUT2D eigenvalue weighted by molar-refractivity contribution is 5.91. The number of aryl methyl sites for hydroxylation is 2. The molecule has 0 spiro atoms. The van der Waals surface area contributed by atoms with Crippen LogP contribution in [0.5, 0.6) is 0 Å². The Morgan fingerprint density at radius 2 is 2.03 bits per heavy atom. The van der Waals surface area contributed by atoms with Crippen LogP contribution in [0.4, 0.5) is 11.8 Å². The number of amides is 1. The zero-order chi connectivity index (χ0) is 20.9. The molecule has 0 saturated carbocycles. The lowest BCUT2D eigenvalue weighted by molar-refractivity contribution is -0.127. The van der Waals surface area contributed by atoms with Gasteiger partial charge in [0.25, 0.3) is 0 Å². The summed E-state index contributed by atoms with van der Waals surface area (Å²) in [5.74, 6) is 1.20. The third-order valence-electron chi connectivity index (χ3n) is 4.98. The molecule has 0 bridgehead atoms. The fourth-order valence-corrected chi connectivity index (χ4v) is 3.66. The van der Waals surface area contributed by atoms with E-state index >= 15 is 0 Å². The second-order valence-corrected chi connectivity index (χ2v) is 7.35. The molecule has 3 aromatic rings. The first-order valence-corrected chi connectivity index (χ1v) is 9.94. The zero-order valence-corrected chi connectivity index (χ0v) is 17.0. The van der Waals surface area contributed by atoms with Gasteiger partial charge >= 0.3 is 0 Å². The molecule has 1 atom stereocenters. The fraction of sp³-hybridized carbons (Fsp3) is 0.333. The number of aromatic nitrogens is 6. The number of likely N-dealkylation sites (tertiary alicyclic amines) is 1. The van der Waals surface area contributed by atoms with Gasteiger partial charge < -0.3 is 15.2 Å². The van der Waals surface area contributed by atoms with Gasteiger partial charge in [-0.1, -0.05) is 0 Å². The summed E-state index contributed by atoms with van der Waals surface area (Å²) in [5.41, 5.74) is 3.39. The van der Waals surface area contributed by atoms with Crippen molar-refractivity contribution < 1.29 is 4.79 Å². The molecule has 1 saturated heterocycles. The lowest BCUT2D eigenvalue weighted by Crippen LogP contribution is -2.38. The molecule has 1 amide bonds. The zero-order valence-electron chi connectivity index (χ0n) is 17.0. The molecule has 9 nitrogen and oxygen atoms in total. The van der Waals surface area contributed by atoms with E-state index < -0.39 is 0 Å². The SMILES string of the molecule is Cc1cc(C)nc(Nc2nccnc2[C@H]2CCCN(C(=O)/C=C/c3cnc[nH]3)C2)n1. The molecule has 2 N–H and O–H groups in total. The molecule has 4 rings (SSSR count). The Labute approximate surface area is 174 Å². The van der Waals surface area contributed by atoms with Gasteiger partial charge in [0.1, 0.15) is 0 Å². The van der Waals surface area contributed by atoms with Gasteiger partial charge in [0.05, 0.1) is 23.9 Å². The summed E-state index contributed by atoms with van der Waals surface area (Å²) in [6.45, 7) is 5.18. The molecule has 4 heterocycles. The number of piperidine rings is 1. The smallest absolute Gasteiger partial charge is 0.246 e. The molecule has 1 fully saturated rings. The number of aromatic amines is 1. The highest BCUT2D eigenvalue weighted by atomic mass is 16.2. The van der Waals surface area contributed by atoms with Crippen LogP contribution in [-0.4, -0.2) is 53.8 Å². The van der Waals surface area contributed by atoms with E-state index in [0.29, 0.717) is 18.3 Å². The maximum absolute atomic E-state index is 12.7. The number of carbonyl (C=O) groups is 1. The Kier molecular flexibility index (Phi) is 5.78. The van der Waals surface area contributed by atoms with Crippen LogP contribution in [0.2, 0.25) is 0 Å². The fourth-order valence-electron chi connectivity index (χ4n) is 3.66. The van der Waals surface area contributed by atoms with Crippen LogP contribution in [0.3, 0.4) is 0 Å².